The third-order valence-corrected chi connectivity index (χ3v) is 4.61. The van der Waals surface area contributed by atoms with Gasteiger partial charge >= 0.3 is 0 Å². The summed E-state index contributed by atoms with van der Waals surface area (Å²) in [5, 5.41) is 0. The molecule has 0 radical (unpaired) electrons. The summed E-state index contributed by atoms with van der Waals surface area (Å²) in [4.78, 5) is 0. The molecule has 1 aromatic carbocycles. The fourth-order valence-electron chi connectivity index (χ4n) is 3.56. The number of aryl methyl sites for hydroxylation is 1. The Balaban J connectivity index is 1.73. The van der Waals surface area contributed by atoms with Crippen LogP contribution in [0.5, 0.6) is 0 Å². The van der Waals surface area contributed by atoms with Gasteiger partial charge in [0.25, 0.3) is 0 Å². The summed E-state index contributed by atoms with van der Waals surface area (Å²) < 4.78 is 0. The average molecular weight is 258 g/mol. The molecule has 4 rings (SSSR count). The molecule has 0 aliphatic heterocycles. The molecule has 0 heteroatoms. The topological polar surface area (TPSA) is 0 Å². The number of rotatable bonds is 1. The molecule has 1 atom stereocenters. The highest BCUT2D eigenvalue weighted by molar-refractivity contribution is 5.71. The third-order valence-electron chi connectivity index (χ3n) is 4.61. The lowest BCUT2D eigenvalue weighted by atomic mass is 9.80. The average Bonchev–Trinajstić information content (AvgIpc) is 2.75. The lowest BCUT2D eigenvalue weighted by Gasteiger charge is -2.25. The van der Waals surface area contributed by atoms with Crippen molar-refractivity contribution in [1.82, 2.24) is 0 Å². The fourth-order valence-corrected chi connectivity index (χ4v) is 3.56. The van der Waals surface area contributed by atoms with Crippen LogP contribution in [0, 0.1) is 0 Å². The summed E-state index contributed by atoms with van der Waals surface area (Å²) >= 11 is 0. The molecule has 0 saturated heterocycles. The zero-order chi connectivity index (χ0) is 13.4. The SMILES string of the molecule is c1ccc2ccc(C3CCc4ccccc4C3)c-2cc1. The van der Waals surface area contributed by atoms with Gasteiger partial charge in [-0.1, -0.05) is 66.7 Å². The minimum atomic E-state index is 0.671. The van der Waals surface area contributed by atoms with Crippen molar-refractivity contribution in [3.8, 4) is 11.1 Å². The van der Waals surface area contributed by atoms with E-state index >= 15 is 0 Å². The van der Waals surface area contributed by atoms with Crippen molar-refractivity contribution in [2.75, 3.05) is 0 Å². The molecule has 0 fully saturated rings. The molecule has 0 heterocycles. The molecular formula is C20H18. The van der Waals surface area contributed by atoms with E-state index in [4.69, 9.17) is 0 Å². The van der Waals surface area contributed by atoms with Gasteiger partial charge < -0.3 is 0 Å². The van der Waals surface area contributed by atoms with Crippen molar-refractivity contribution in [2.45, 2.75) is 25.2 Å². The monoisotopic (exact) mass is 258 g/mol. The maximum Gasteiger partial charge on any atom is -0.0112 e. The lowest BCUT2D eigenvalue weighted by molar-refractivity contribution is 0.587. The van der Waals surface area contributed by atoms with Gasteiger partial charge in [0.2, 0.25) is 0 Å². The van der Waals surface area contributed by atoms with Crippen LogP contribution in [0.4, 0.5) is 0 Å². The Labute approximate surface area is 120 Å². The molecule has 0 saturated carbocycles. The molecule has 1 unspecified atom stereocenters. The maximum atomic E-state index is 2.34. The van der Waals surface area contributed by atoms with E-state index in [1.54, 1.807) is 11.1 Å². The second kappa shape index (κ2) is 4.79. The van der Waals surface area contributed by atoms with Gasteiger partial charge in [0.05, 0.1) is 0 Å². The predicted octanol–water partition coefficient (Wildman–Crippen LogP) is 5.06. The van der Waals surface area contributed by atoms with Crippen LogP contribution in [-0.4, -0.2) is 0 Å². The highest BCUT2D eigenvalue weighted by Crippen LogP contribution is 2.39. The van der Waals surface area contributed by atoms with Crippen LogP contribution in [0.1, 0.15) is 29.0 Å². The van der Waals surface area contributed by atoms with Crippen LogP contribution >= 0.6 is 0 Å². The van der Waals surface area contributed by atoms with Gasteiger partial charge in [-0.3, -0.25) is 0 Å². The molecule has 0 N–H and O–H groups in total. The Morgan fingerprint density at radius 3 is 2.45 bits per heavy atom. The van der Waals surface area contributed by atoms with Crippen molar-refractivity contribution >= 4 is 0 Å². The zero-order valence-electron chi connectivity index (χ0n) is 11.5. The van der Waals surface area contributed by atoms with Crippen LogP contribution < -0.4 is 0 Å². The summed E-state index contributed by atoms with van der Waals surface area (Å²) in [6, 6.07) is 24.4. The van der Waals surface area contributed by atoms with Gasteiger partial charge in [-0.25, -0.2) is 0 Å². The Kier molecular flexibility index (Phi) is 2.81. The summed E-state index contributed by atoms with van der Waals surface area (Å²) in [6.07, 6.45) is 3.68. The highest BCUT2D eigenvalue weighted by atomic mass is 14.3. The molecule has 3 aliphatic carbocycles. The van der Waals surface area contributed by atoms with E-state index in [1.807, 2.05) is 0 Å². The van der Waals surface area contributed by atoms with Crippen molar-refractivity contribution in [3.63, 3.8) is 0 Å². The second-order valence-electron chi connectivity index (χ2n) is 5.78. The minimum Gasteiger partial charge on any atom is -0.0622 e. The molecule has 0 bridgehead atoms. The number of fused-ring (bicyclic) bond motifs is 2. The molecular weight excluding hydrogens is 240 g/mol. The maximum absolute atomic E-state index is 2.34. The van der Waals surface area contributed by atoms with Crippen LogP contribution in [0.3, 0.4) is 0 Å². The zero-order valence-corrected chi connectivity index (χ0v) is 11.5. The molecule has 98 valence electrons. The summed E-state index contributed by atoms with van der Waals surface area (Å²) in [5.41, 5.74) is 7.41. The van der Waals surface area contributed by atoms with E-state index in [0.717, 1.165) is 0 Å². The molecule has 0 spiro atoms. The Morgan fingerprint density at radius 2 is 1.50 bits per heavy atom. The molecule has 1 aromatic rings. The van der Waals surface area contributed by atoms with Crippen LogP contribution in [0.2, 0.25) is 0 Å². The van der Waals surface area contributed by atoms with E-state index in [9.17, 15) is 0 Å². The Hall–Kier alpha value is -2.08. The Morgan fingerprint density at radius 1 is 0.700 bits per heavy atom. The summed E-state index contributed by atoms with van der Waals surface area (Å²) in [5.74, 6) is 0.671. The first kappa shape index (κ1) is 11.7. The summed E-state index contributed by atoms with van der Waals surface area (Å²) in [7, 11) is 0. The predicted molar refractivity (Wildman–Crippen MR) is 84.3 cm³/mol. The van der Waals surface area contributed by atoms with E-state index < -0.39 is 0 Å². The lowest BCUT2D eigenvalue weighted by Crippen LogP contribution is -2.12. The van der Waals surface area contributed by atoms with E-state index in [-0.39, 0.29) is 0 Å². The van der Waals surface area contributed by atoms with E-state index in [1.165, 1.54) is 36.0 Å². The number of hydrogen-bond donors (Lipinski definition) is 0. The Bertz CT molecular complexity index is 711. The number of hydrogen-bond acceptors (Lipinski definition) is 0. The molecule has 20 heavy (non-hydrogen) atoms. The first-order valence-corrected chi connectivity index (χ1v) is 7.46. The smallest absolute Gasteiger partial charge is 0.0112 e. The van der Waals surface area contributed by atoms with Gasteiger partial charge in [-0.2, -0.15) is 0 Å². The van der Waals surface area contributed by atoms with Gasteiger partial charge in [0.1, 0.15) is 0 Å². The van der Waals surface area contributed by atoms with Gasteiger partial charge in [-0.15, -0.1) is 0 Å². The highest BCUT2D eigenvalue weighted by Gasteiger charge is 2.23. The van der Waals surface area contributed by atoms with Crippen molar-refractivity contribution in [1.29, 1.82) is 0 Å². The molecule has 0 amide bonds. The second-order valence-corrected chi connectivity index (χ2v) is 5.78. The fraction of sp³-hybridized carbons (Fsp3) is 0.200. The van der Waals surface area contributed by atoms with E-state index in [2.05, 4.69) is 66.7 Å². The first-order chi connectivity index (χ1) is 9.92. The molecule has 0 nitrogen and oxygen atoms in total. The van der Waals surface area contributed by atoms with Crippen molar-refractivity contribution in [3.05, 3.63) is 83.4 Å². The van der Waals surface area contributed by atoms with Crippen molar-refractivity contribution < 1.29 is 0 Å². The number of benzene rings is 1. The first-order valence-electron chi connectivity index (χ1n) is 7.46. The summed E-state index contributed by atoms with van der Waals surface area (Å²) in [6.45, 7) is 0. The standard InChI is InChI=1S/C20H18/c1-2-7-16-12-13-20(19(16)9-3-1)18-11-10-15-6-4-5-8-17(15)14-18/h1-9,12-13,18H,10-11,14H2. The quantitative estimate of drug-likeness (QED) is 0.572. The minimum absolute atomic E-state index is 0.671. The van der Waals surface area contributed by atoms with Crippen molar-refractivity contribution in [2.24, 2.45) is 0 Å². The van der Waals surface area contributed by atoms with Gasteiger partial charge in [0.15, 0.2) is 0 Å². The molecule has 0 aromatic heterocycles. The normalized spacial score (nSPS) is 17.9. The van der Waals surface area contributed by atoms with Crippen LogP contribution in [0.25, 0.3) is 11.1 Å². The van der Waals surface area contributed by atoms with Gasteiger partial charge in [-0.05, 0) is 53.0 Å². The largest absolute Gasteiger partial charge is 0.0622 e. The molecule has 3 aliphatic rings. The van der Waals surface area contributed by atoms with Crippen LogP contribution in [-0.2, 0) is 12.8 Å². The van der Waals surface area contributed by atoms with Gasteiger partial charge in [0, 0.05) is 0 Å². The van der Waals surface area contributed by atoms with Crippen LogP contribution in [0.15, 0.2) is 66.7 Å². The van der Waals surface area contributed by atoms with E-state index in [0.29, 0.717) is 5.92 Å². The third kappa shape index (κ3) is 1.92.